The highest BCUT2D eigenvalue weighted by atomic mass is 127. The summed E-state index contributed by atoms with van der Waals surface area (Å²) in [6, 6.07) is 5.64. The Morgan fingerprint density at radius 1 is 1.24 bits per heavy atom. The second-order valence-electron chi connectivity index (χ2n) is 4.02. The number of aliphatic hydroxyl groups is 1. The van der Waals surface area contributed by atoms with E-state index >= 15 is 0 Å². The highest BCUT2D eigenvalue weighted by Gasteiger charge is 2.05. The van der Waals surface area contributed by atoms with Crippen LogP contribution >= 0.6 is 24.0 Å². The maximum absolute atomic E-state index is 8.83. The van der Waals surface area contributed by atoms with Gasteiger partial charge in [0.05, 0.1) is 27.4 Å². The zero-order valence-corrected chi connectivity index (χ0v) is 15.0. The molecule has 0 saturated heterocycles. The zero-order valence-electron chi connectivity index (χ0n) is 12.7. The van der Waals surface area contributed by atoms with Crippen LogP contribution in [0.1, 0.15) is 12.5 Å². The second-order valence-corrected chi connectivity index (χ2v) is 4.02. The van der Waals surface area contributed by atoms with Crippen molar-refractivity contribution in [3.05, 3.63) is 23.8 Å². The summed E-state index contributed by atoms with van der Waals surface area (Å²) in [6.07, 6.45) is 0. The molecule has 0 unspecified atom stereocenters. The first-order chi connectivity index (χ1) is 9.74. The predicted octanol–water partition coefficient (Wildman–Crippen LogP) is 1.37. The fraction of sp³-hybridized carbons (Fsp3) is 0.500. The summed E-state index contributed by atoms with van der Waals surface area (Å²) in [7, 11) is 3.24. The lowest BCUT2D eigenvalue weighted by Gasteiger charge is -2.12. The quantitative estimate of drug-likeness (QED) is 0.361. The predicted molar refractivity (Wildman–Crippen MR) is 94.9 cm³/mol. The number of halogens is 1. The van der Waals surface area contributed by atoms with Gasteiger partial charge in [-0.15, -0.1) is 24.0 Å². The minimum Gasteiger partial charge on any atom is -0.497 e. The van der Waals surface area contributed by atoms with E-state index in [0.29, 0.717) is 19.0 Å². The number of rotatable bonds is 7. The van der Waals surface area contributed by atoms with Crippen molar-refractivity contribution in [1.82, 2.24) is 10.6 Å². The molecule has 0 radical (unpaired) electrons. The van der Waals surface area contributed by atoms with Gasteiger partial charge in [0, 0.05) is 24.7 Å². The third-order valence-corrected chi connectivity index (χ3v) is 2.65. The number of benzene rings is 1. The minimum absolute atomic E-state index is 0. The molecular formula is C14H24IN3O3. The maximum Gasteiger partial charge on any atom is 0.191 e. The Bertz CT molecular complexity index is 441. The largest absolute Gasteiger partial charge is 0.497 e. The number of hydrogen-bond acceptors (Lipinski definition) is 4. The van der Waals surface area contributed by atoms with Crippen molar-refractivity contribution in [2.24, 2.45) is 4.99 Å². The lowest BCUT2D eigenvalue weighted by Crippen LogP contribution is -2.38. The Morgan fingerprint density at radius 3 is 2.57 bits per heavy atom. The first-order valence-electron chi connectivity index (χ1n) is 6.59. The molecule has 1 rings (SSSR count). The molecule has 0 saturated carbocycles. The van der Waals surface area contributed by atoms with Crippen LogP contribution in [0, 0.1) is 0 Å². The van der Waals surface area contributed by atoms with E-state index in [2.05, 4.69) is 15.6 Å². The van der Waals surface area contributed by atoms with Crippen molar-refractivity contribution in [3.8, 4) is 11.5 Å². The molecule has 120 valence electrons. The molecule has 0 aliphatic heterocycles. The van der Waals surface area contributed by atoms with E-state index in [1.165, 1.54) is 0 Å². The van der Waals surface area contributed by atoms with Crippen LogP contribution in [0.5, 0.6) is 11.5 Å². The smallest absolute Gasteiger partial charge is 0.191 e. The van der Waals surface area contributed by atoms with Gasteiger partial charge in [0.25, 0.3) is 0 Å². The first-order valence-corrected chi connectivity index (χ1v) is 6.59. The molecule has 0 atom stereocenters. The maximum atomic E-state index is 8.83. The van der Waals surface area contributed by atoms with Gasteiger partial charge < -0.3 is 25.2 Å². The molecule has 21 heavy (non-hydrogen) atoms. The lowest BCUT2D eigenvalue weighted by molar-refractivity contribution is 0.300. The highest BCUT2D eigenvalue weighted by Crippen LogP contribution is 2.24. The van der Waals surface area contributed by atoms with E-state index in [-0.39, 0.29) is 30.6 Å². The van der Waals surface area contributed by atoms with Crippen LogP contribution in [-0.2, 0) is 6.54 Å². The molecule has 0 aliphatic rings. The Hall–Kier alpha value is -1.22. The van der Waals surface area contributed by atoms with Crippen LogP contribution in [-0.4, -0.2) is 45.0 Å². The topological polar surface area (TPSA) is 75.1 Å². The van der Waals surface area contributed by atoms with Gasteiger partial charge in [-0.25, -0.2) is 4.99 Å². The molecule has 0 aliphatic carbocycles. The van der Waals surface area contributed by atoms with Gasteiger partial charge in [-0.1, -0.05) is 0 Å². The molecule has 7 heteroatoms. The van der Waals surface area contributed by atoms with Gasteiger partial charge in [0.2, 0.25) is 0 Å². The summed E-state index contributed by atoms with van der Waals surface area (Å²) >= 11 is 0. The number of nitrogens with zero attached hydrogens (tertiary/aromatic N) is 1. The average molecular weight is 409 g/mol. The summed E-state index contributed by atoms with van der Waals surface area (Å²) in [6.45, 7) is 3.76. The number of guanidine groups is 1. The van der Waals surface area contributed by atoms with Gasteiger partial charge >= 0.3 is 0 Å². The molecule has 0 fully saturated rings. The summed E-state index contributed by atoms with van der Waals surface area (Å²) in [5.74, 6) is 2.16. The Labute approximate surface area is 143 Å². The average Bonchev–Trinajstić information content (AvgIpc) is 2.49. The van der Waals surface area contributed by atoms with Gasteiger partial charge in [0.15, 0.2) is 5.96 Å². The van der Waals surface area contributed by atoms with E-state index in [0.717, 1.165) is 23.6 Å². The number of aliphatic hydroxyl groups excluding tert-OH is 1. The van der Waals surface area contributed by atoms with Gasteiger partial charge in [-0.05, 0) is 19.1 Å². The van der Waals surface area contributed by atoms with Crippen molar-refractivity contribution < 1.29 is 14.6 Å². The molecule has 0 heterocycles. The number of ether oxygens (including phenoxy) is 2. The molecule has 0 bridgehead atoms. The molecule has 0 spiro atoms. The molecule has 6 nitrogen and oxygen atoms in total. The van der Waals surface area contributed by atoms with Crippen LogP contribution in [0.15, 0.2) is 23.2 Å². The van der Waals surface area contributed by atoms with Crippen LogP contribution in [0.2, 0.25) is 0 Å². The van der Waals surface area contributed by atoms with Crippen molar-refractivity contribution >= 4 is 29.9 Å². The Kier molecular flexibility index (Phi) is 10.8. The summed E-state index contributed by atoms with van der Waals surface area (Å²) in [5, 5.41) is 15.0. The van der Waals surface area contributed by atoms with Gasteiger partial charge in [-0.3, -0.25) is 0 Å². The van der Waals surface area contributed by atoms with Crippen molar-refractivity contribution in [3.63, 3.8) is 0 Å². The first kappa shape index (κ1) is 19.8. The van der Waals surface area contributed by atoms with E-state index in [1.54, 1.807) is 14.2 Å². The van der Waals surface area contributed by atoms with E-state index in [9.17, 15) is 0 Å². The molecule has 1 aromatic carbocycles. The molecule has 0 amide bonds. The van der Waals surface area contributed by atoms with E-state index < -0.39 is 0 Å². The van der Waals surface area contributed by atoms with Crippen molar-refractivity contribution in [2.75, 3.05) is 33.9 Å². The summed E-state index contributed by atoms with van der Waals surface area (Å²) in [4.78, 5) is 4.45. The second kappa shape index (κ2) is 11.4. The standard InChI is InChI=1S/C14H23N3O3.HI/c1-4-15-14(16-7-8-18)17-10-11-5-6-12(19-2)9-13(11)20-3;/h5-6,9,18H,4,7-8,10H2,1-3H3,(H2,15,16,17);1H. The fourth-order valence-corrected chi connectivity index (χ4v) is 1.66. The summed E-state index contributed by atoms with van der Waals surface area (Å²) in [5.41, 5.74) is 0.967. The number of nitrogens with one attached hydrogen (secondary N) is 2. The SMILES string of the molecule is CCNC(=NCc1ccc(OC)cc1OC)NCCO.I. The highest BCUT2D eigenvalue weighted by molar-refractivity contribution is 14.0. The molecular weight excluding hydrogens is 385 g/mol. The van der Waals surface area contributed by atoms with Crippen molar-refractivity contribution in [1.29, 1.82) is 0 Å². The third kappa shape index (κ3) is 6.85. The van der Waals surface area contributed by atoms with Gasteiger partial charge in [-0.2, -0.15) is 0 Å². The number of hydrogen-bond donors (Lipinski definition) is 3. The van der Waals surface area contributed by atoms with Crippen LogP contribution < -0.4 is 20.1 Å². The van der Waals surface area contributed by atoms with Crippen LogP contribution in [0.3, 0.4) is 0 Å². The fourth-order valence-electron chi connectivity index (χ4n) is 1.66. The van der Waals surface area contributed by atoms with E-state index in [4.69, 9.17) is 14.6 Å². The Morgan fingerprint density at radius 2 is 2.00 bits per heavy atom. The lowest BCUT2D eigenvalue weighted by atomic mass is 10.2. The number of methoxy groups -OCH3 is 2. The zero-order chi connectivity index (χ0) is 14.8. The monoisotopic (exact) mass is 409 g/mol. The third-order valence-electron chi connectivity index (χ3n) is 2.65. The van der Waals surface area contributed by atoms with Crippen LogP contribution in [0.4, 0.5) is 0 Å². The summed E-state index contributed by atoms with van der Waals surface area (Å²) < 4.78 is 10.5. The van der Waals surface area contributed by atoms with E-state index in [1.807, 2.05) is 25.1 Å². The molecule has 3 N–H and O–H groups in total. The number of aliphatic imine (C=N–C) groups is 1. The van der Waals surface area contributed by atoms with Gasteiger partial charge in [0.1, 0.15) is 11.5 Å². The molecule has 0 aromatic heterocycles. The Balaban J connectivity index is 0.00000400. The van der Waals surface area contributed by atoms with Crippen molar-refractivity contribution in [2.45, 2.75) is 13.5 Å². The minimum atomic E-state index is 0. The van der Waals surface area contributed by atoms with Crippen LogP contribution in [0.25, 0.3) is 0 Å². The normalized spacial score (nSPS) is 10.6. The molecule has 1 aromatic rings.